The summed E-state index contributed by atoms with van der Waals surface area (Å²) in [4.78, 5) is 21.2. The minimum absolute atomic E-state index is 0.103. The molecule has 0 rings (SSSR count). The summed E-state index contributed by atoms with van der Waals surface area (Å²) < 4.78 is 11.2. The van der Waals surface area contributed by atoms with Crippen LogP contribution in [0.1, 0.15) is 13.3 Å². The van der Waals surface area contributed by atoms with Gasteiger partial charge in [0, 0.05) is 35.8 Å². The fourth-order valence-corrected chi connectivity index (χ4v) is 2.04. The van der Waals surface area contributed by atoms with Crippen LogP contribution in [0.25, 0.3) is 0 Å². The van der Waals surface area contributed by atoms with Gasteiger partial charge >= 0.3 is 5.97 Å². The molecule has 0 aromatic heterocycles. The molecule has 0 radical (unpaired) electrons. The molecule has 5 nitrogen and oxygen atoms in total. The lowest BCUT2D eigenvalue weighted by Gasteiger charge is -2.05. The topological polar surface area (TPSA) is 83.5 Å². The van der Waals surface area contributed by atoms with E-state index in [1.54, 1.807) is 0 Å². The van der Waals surface area contributed by atoms with Crippen molar-refractivity contribution in [2.75, 3.05) is 18.6 Å². The van der Waals surface area contributed by atoms with Gasteiger partial charge in [0.2, 0.25) is 5.91 Å². The van der Waals surface area contributed by atoms with Crippen molar-refractivity contribution < 1.29 is 18.9 Å². The maximum Gasteiger partial charge on any atom is 0.307 e. The van der Waals surface area contributed by atoms with Gasteiger partial charge in [0.1, 0.15) is 0 Å². The predicted octanol–water partition coefficient (Wildman–Crippen LogP) is -0.408. The van der Waals surface area contributed by atoms with E-state index in [1.807, 2.05) is 0 Å². The third kappa shape index (κ3) is 5.69. The van der Waals surface area contributed by atoms with Crippen molar-refractivity contribution in [3.63, 3.8) is 0 Å². The van der Waals surface area contributed by atoms with Crippen LogP contribution in [0.4, 0.5) is 0 Å². The van der Waals surface area contributed by atoms with E-state index in [0.29, 0.717) is 0 Å². The molecule has 0 fully saturated rings. The lowest BCUT2D eigenvalue weighted by molar-refractivity contribution is -0.140. The summed E-state index contributed by atoms with van der Waals surface area (Å²) in [7, 11) is 0.271. The highest BCUT2D eigenvalue weighted by Gasteiger charge is 2.15. The van der Waals surface area contributed by atoms with Crippen LogP contribution in [-0.4, -0.2) is 39.7 Å². The van der Waals surface area contributed by atoms with Crippen molar-refractivity contribution in [2.24, 2.45) is 5.92 Å². The van der Waals surface area contributed by atoms with Gasteiger partial charge in [-0.15, -0.1) is 0 Å². The second-order valence-corrected chi connectivity index (χ2v) is 4.59. The Morgan fingerprint density at radius 3 is 2.50 bits per heavy atom. The minimum atomic E-state index is -1.23. The predicted molar refractivity (Wildman–Crippen MR) is 53.4 cm³/mol. The Balaban J connectivity index is 3.76. The van der Waals surface area contributed by atoms with E-state index in [1.165, 1.54) is 14.0 Å². The van der Waals surface area contributed by atoms with Crippen LogP contribution in [0.2, 0.25) is 0 Å². The summed E-state index contributed by atoms with van der Waals surface area (Å²) in [6, 6.07) is 0. The van der Waals surface area contributed by atoms with Crippen molar-refractivity contribution in [2.45, 2.75) is 13.3 Å². The maximum atomic E-state index is 11.2. The normalized spacial score (nSPS) is 14.4. The van der Waals surface area contributed by atoms with E-state index < -0.39 is 22.7 Å². The number of nitrogens with one attached hydrogen (secondary N) is 1. The molecule has 0 spiro atoms. The molecule has 6 heteroatoms. The second-order valence-electron chi connectivity index (χ2n) is 2.97. The SMILES string of the molecule is CNC(=O)CCS(=O)CC(C)C(=O)O. The fourth-order valence-electron chi connectivity index (χ4n) is 0.765. The number of rotatable bonds is 6. The van der Waals surface area contributed by atoms with Crippen LogP contribution in [0, 0.1) is 5.92 Å². The zero-order valence-electron chi connectivity index (χ0n) is 8.28. The van der Waals surface area contributed by atoms with Gasteiger partial charge < -0.3 is 10.4 Å². The molecule has 0 aromatic carbocycles. The Morgan fingerprint density at radius 2 is 2.07 bits per heavy atom. The molecule has 0 saturated carbocycles. The molecule has 82 valence electrons. The first-order chi connectivity index (χ1) is 6.47. The summed E-state index contributed by atoms with van der Waals surface area (Å²) in [6.07, 6.45) is 0.176. The highest BCUT2D eigenvalue weighted by molar-refractivity contribution is 7.85. The van der Waals surface area contributed by atoms with Gasteiger partial charge in [-0.1, -0.05) is 6.92 Å². The Hall–Kier alpha value is -0.910. The molecule has 0 aliphatic carbocycles. The molecule has 0 bridgehead atoms. The van der Waals surface area contributed by atoms with E-state index in [-0.39, 0.29) is 23.8 Å². The summed E-state index contributed by atoms with van der Waals surface area (Å²) in [5.41, 5.74) is 0. The van der Waals surface area contributed by atoms with Gasteiger partial charge in [-0.25, -0.2) is 0 Å². The van der Waals surface area contributed by atoms with Gasteiger partial charge in [0.25, 0.3) is 0 Å². The Bertz CT molecular complexity index is 241. The summed E-state index contributed by atoms with van der Waals surface area (Å²) >= 11 is 0. The quantitative estimate of drug-likeness (QED) is 0.639. The van der Waals surface area contributed by atoms with Gasteiger partial charge in [0.15, 0.2) is 0 Å². The van der Waals surface area contributed by atoms with Gasteiger partial charge in [0.05, 0.1) is 5.92 Å². The van der Waals surface area contributed by atoms with Crippen molar-refractivity contribution in [3.8, 4) is 0 Å². The molecule has 2 N–H and O–H groups in total. The average Bonchev–Trinajstić information content (AvgIpc) is 2.13. The number of hydrogen-bond donors (Lipinski definition) is 2. The lowest BCUT2D eigenvalue weighted by atomic mass is 10.2. The summed E-state index contributed by atoms with van der Waals surface area (Å²) in [5, 5.41) is 10.9. The highest BCUT2D eigenvalue weighted by Crippen LogP contribution is 1.99. The van der Waals surface area contributed by atoms with E-state index in [9.17, 15) is 13.8 Å². The van der Waals surface area contributed by atoms with E-state index in [4.69, 9.17) is 5.11 Å². The zero-order chi connectivity index (χ0) is 11.1. The van der Waals surface area contributed by atoms with Crippen LogP contribution < -0.4 is 5.32 Å². The van der Waals surface area contributed by atoms with Crippen LogP contribution >= 0.6 is 0 Å². The van der Waals surface area contributed by atoms with Gasteiger partial charge in [-0.3, -0.25) is 13.8 Å². The van der Waals surface area contributed by atoms with Crippen molar-refractivity contribution >= 4 is 22.7 Å². The fraction of sp³-hybridized carbons (Fsp3) is 0.750. The zero-order valence-corrected chi connectivity index (χ0v) is 9.10. The molecule has 0 aromatic rings. The molecule has 0 aliphatic heterocycles. The smallest absolute Gasteiger partial charge is 0.307 e. The Labute approximate surface area is 85.3 Å². The van der Waals surface area contributed by atoms with Gasteiger partial charge in [-0.05, 0) is 0 Å². The number of carbonyl (C=O) groups excluding carboxylic acids is 1. The maximum absolute atomic E-state index is 11.2. The van der Waals surface area contributed by atoms with Crippen molar-refractivity contribution in [1.82, 2.24) is 5.32 Å². The monoisotopic (exact) mass is 221 g/mol. The molecular weight excluding hydrogens is 206 g/mol. The summed E-state index contributed by atoms with van der Waals surface area (Å²) in [5.74, 6) is -1.44. The van der Waals surface area contributed by atoms with Crippen LogP contribution in [-0.2, 0) is 20.4 Å². The number of aliphatic carboxylic acids is 1. The Morgan fingerprint density at radius 1 is 1.50 bits per heavy atom. The molecule has 2 unspecified atom stereocenters. The first kappa shape index (κ1) is 13.1. The number of carbonyl (C=O) groups is 2. The number of carboxylic acids is 1. The third-order valence-corrected chi connectivity index (χ3v) is 3.22. The standard InChI is InChI=1S/C8H15NO4S/c1-6(8(11)12)5-14(13)4-3-7(10)9-2/h6H,3-5H2,1-2H3,(H,9,10)(H,11,12). The van der Waals surface area contributed by atoms with Gasteiger partial charge in [-0.2, -0.15) is 0 Å². The molecule has 1 amide bonds. The van der Waals surface area contributed by atoms with Crippen LogP contribution in [0.5, 0.6) is 0 Å². The van der Waals surface area contributed by atoms with E-state index in [0.717, 1.165) is 0 Å². The molecule has 0 heterocycles. The minimum Gasteiger partial charge on any atom is -0.481 e. The van der Waals surface area contributed by atoms with E-state index >= 15 is 0 Å². The van der Waals surface area contributed by atoms with Crippen LogP contribution in [0.3, 0.4) is 0 Å². The largest absolute Gasteiger partial charge is 0.481 e. The highest BCUT2D eigenvalue weighted by atomic mass is 32.2. The van der Waals surface area contributed by atoms with E-state index in [2.05, 4.69) is 5.32 Å². The third-order valence-electron chi connectivity index (χ3n) is 1.69. The summed E-state index contributed by atoms with van der Waals surface area (Å²) in [6.45, 7) is 1.50. The molecule has 0 saturated heterocycles. The first-order valence-corrected chi connectivity index (χ1v) is 5.74. The van der Waals surface area contributed by atoms with Crippen LogP contribution in [0.15, 0.2) is 0 Å². The molecule has 14 heavy (non-hydrogen) atoms. The first-order valence-electron chi connectivity index (χ1n) is 4.25. The lowest BCUT2D eigenvalue weighted by Crippen LogP contribution is -2.23. The molecule has 0 aliphatic rings. The second kappa shape index (κ2) is 6.53. The average molecular weight is 221 g/mol. The number of hydrogen-bond acceptors (Lipinski definition) is 3. The number of amides is 1. The van der Waals surface area contributed by atoms with Crippen molar-refractivity contribution in [3.05, 3.63) is 0 Å². The van der Waals surface area contributed by atoms with Crippen molar-refractivity contribution in [1.29, 1.82) is 0 Å². The molecule has 2 atom stereocenters. The molecular formula is C8H15NO4S. The Kier molecular flexibility index (Phi) is 6.11. The number of carboxylic acid groups (broad SMARTS) is 1.